The third kappa shape index (κ3) is 3.62. The second-order valence-electron chi connectivity index (χ2n) is 5.60. The molecule has 1 aromatic rings. The molecular formula is C14H21NO3S. The molecule has 0 unspecified atom stereocenters. The molecule has 4 nitrogen and oxygen atoms in total. The van der Waals surface area contributed by atoms with E-state index >= 15 is 0 Å². The summed E-state index contributed by atoms with van der Waals surface area (Å²) in [4.78, 5) is 15.1. The maximum Gasteiger partial charge on any atom is 0.410 e. The Morgan fingerprint density at radius 2 is 2.21 bits per heavy atom. The number of hydrogen-bond donors (Lipinski definition) is 0. The number of rotatable bonds is 2. The van der Waals surface area contributed by atoms with Gasteiger partial charge in [-0.15, -0.1) is 11.3 Å². The van der Waals surface area contributed by atoms with Gasteiger partial charge >= 0.3 is 6.09 Å². The summed E-state index contributed by atoms with van der Waals surface area (Å²) in [6.45, 7) is 9.65. The van der Waals surface area contributed by atoms with E-state index in [4.69, 9.17) is 9.47 Å². The van der Waals surface area contributed by atoms with Crippen LogP contribution in [-0.2, 0) is 17.7 Å². The highest BCUT2D eigenvalue weighted by atomic mass is 32.1. The first-order valence-corrected chi connectivity index (χ1v) is 7.43. The topological polar surface area (TPSA) is 38.8 Å². The first-order valence-electron chi connectivity index (χ1n) is 6.61. The van der Waals surface area contributed by atoms with E-state index in [-0.39, 0.29) is 6.09 Å². The van der Waals surface area contributed by atoms with Crippen LogP contribution in [0.2, 0.25) is 0 Å². The highest BCUT2D eigenvalue weighted by Crippen LogP contribution is 2.33. The lowest BCUT2D eigenvalue weighted by Gasteiger charge is -2.29. The number of thiophene rings is 1. The van der Waals surface area contributed by atoms with Crippen molar-refractivity contribution in [2.45, 2.75) is 46.3 Å². The van der Waals surface area contributed by atoms with Crippen LogP contribution in [0.25, 0.3) is 0 Å². The lowest BCUT2D eigenvalue weighted by atomic mass is 10.1. The van der Waals surface area contributed by atoms with Gasteiger partial charge in [0.1, 0.15) is 5.60 Å². The average Bonchev–Trinajstić information content (AvgIpc) is 2.68. The van der Waals surface area contributed by atoms with Gasteiger partial charge in [-0.05, 0) is 39.3 Å². The molecule has 0 spiro atoms. The predicted molar refractivity (Wildman–Crippen MR) is 75.8 cm³/mol. The Bertz CT molecular complexity index is 462. The molecule has 1 aromatic heterocycles. The predicted octanol–water partition coefficient (Wildman–Crippen LogP) is 3.44. The molecule has 0 bridgehead atoms. The average molecular weight is 283 g/mol. The molecule has 5 heteroatoms. The molecule has 0 N–H and O–H groups in total. The van der Waals surface area contributed by atoms with E-state index in [1.54, 1.807) is 16.2 Å². The first kappa shape index (κ1) is 14.2. The molecule has 0 saturated heterocycles. The van der Waals surface area contributed by atoms with Crippen molar-refractivity contribution >= 4 is 17.4 Å². The Balaban J connectivity index is 2.03. The molecule has 19 heavy (non-hydrogen) atoms. The number of ether oxygens (including phenoxy) is 2. The van der Waals surface area contributed by atoms with Gasteiger partial charge < -0.3 is 14.4 Å². The van der Waals surface area contributed by atoms with Gasteiger partial charge in [0.15, 0.2) is 5.06 Å². The van der Waals surface area contributed by atoms with Crippen LogP contribution in [0.1, 0.15) is 38.1 Å². The van der Waals surface area contributed by atoms with Gasteiger partial charge in [-0.25, -0.2) is 4.79 Å². The highest BCUT2D eigenvalue weighted by Gasteiger charge is 2.27. The van der Waals surface area contributed by atoms with Gasteiger partial charge in [0.05, 0.1) is 13.2 Å². The maximum atomic E-state index is 12.0. The largest absolute Gasteiger partial charge is 0.484 e. The third-order valence-corrected chi connectivity index (χ3v) is 3.93. The fourth-order valence-corrected chi connectivity index (χ4v) is 3.07. The summed E-state index contributed by atoms with van der Waals surface area (Å²) in [5, 5.41) is 0.943. The van der Waals surface area contributed by atoms with Crippen molar-refractivity contribution in [2.24, 2.45) is 0 Å². The van der Waals surface area contributed by atoms with Crippen molar-refractivity contribution < 1.29 is 14.3 Å². The van der Waals surface area contributed by atoms with Crippen LogP contribution in [0.4, 0.5) is 4.79 Å². The minimum absolute atomic E-state index is 0.234. The fourth-order valence-electron chi connectivity index (χ4n) is 2.00. The summed E-state index contributed by atoms with van der Waals surface area (Å²) in [5.74, 6) is 0. The summed E-state index contributed by atoms with van der Waals surface area (Å²) in [6.07, 6.45) is 0.647. The van der Waals surface area contributed by atoms with E-state index in [1.165, 1.54) is 10.4 Å². The van der Waals surface area contributed by atoms with Gasteiger partial charge in [-0.2, -0.15) is 0 Å². The zero-order valence-electron chi connectivity index (χ0n) is 12.0. The fraction of sp³-hybridized carbons (Fsp3) is 0.643. The van der Waals surface area contributed by atoms with Crippen molar-refractivity contribution in [3.8, 4) is 5.06 Å². The normalized spacial score (nSPS) is 15.1. The number of hydrogen-bond acceptors (Lipinski definition) is 4. The highest BCUT2D eigenvalue weighted by molar-refractivity contribution is 7.14. The van der Waals surface area contributed by atoms with Crippen molar-refractivity contribution in [2.75, 3.05) is 13.2 Å². The van der Waals surface area contributed by atoms with E-state index in [9.17, 15) is 4.79 Å². The van der Waals surface area contributed by atoms with E-state index in [0.29, 0.717) is 19.7 Å². The van der Waals surface area contributed by atoms with Crippen molar-refractivity contribution in [1.29, 1.82) is 0 Å². The van der Waals surface area contributed by atoms with Crippen LogP contribution in [0.5, 0.6) is 5.06 Å². The maximum absolute atomic E-state index is 12.0. The molecule has 0 atom stereocenters. The van der Waals surface area contributed by atoms with Crippen LogP contribution in [0.15, 0.2) is 6.07 Å². The van der Waals surface area contributed by atoms with Crippen LogP contribution in [0, 0.1) is 0 Å². The molecule has 106 valence electrons. The molecule has 0 radical (unpaired) electrons. The van der Waals surface area contributed by atoms with Crippen LogP contribution in [-0.4, -0.2) is 29.7 Å². The zero-order valence-corrected chi connectivity index (χ0v) is 12.8. The first-order chi connectivity index (χ1) is 8.89. The molecule has 0 aromatic carbocycles. The number of amides is 1. The summed E-state index contributed by atoms with van der Waals surface area (Å²) >= 11 is 1.69. The quantitative estimate of drug-likeness (QED) is 0.834. The summed E-state index contributed by atoms with van der Waals surface area (Å²) in [6, 6.07) is 2.04. The van der Waals surface area contributed by atoms with Crippen molar-refractivity contribution in [1.82, 2.24) is 4.90 Å². The van der Waals surface area contributed by atoms with Crippen molar-refractivity contribution in [3.05, 3.63) is 16.5 Å². The molecule has 2 heterocycles. The molecule has 0 fully saturated rings. The summed E-state index contributed by atoms with van der Waals surface area (Å²) in [5.41, 5.74) is 0.744. The summed E-state index contributed by atoms with van der Waals surface area (Å²) < 4.78 is 10.9. The number of fused-ring (bicyclic) bond motifs is 1. The SMILES string of the molecule is CCOc1cc2c(s1)CCN(C(=O)OC(C)(C)C)C2. The van der Waals surface area contributed by atoms with E-state index in [2.05, 4.69) is 0 Å². The standard InChI is InChI=1S/C14H21NO3S/c1-5-17-12-8-10-9-15(7-6-11(10)19-12)13(16)18-14(2,3)4/h8H,5-7,9H2,1-4H3. The van der Waals surface area contributed by atoms with Crippen molar-refractivity contribution in [3.63, 3.8) is 0 Å². The lowest BCUT2D eigenvalue weighted by molar-refractivity contribution is 0.0225. The second kappa shape index (κ2) is 5.41. The Hall–Kier alpha value is -1.23. The molecular weight excluding hydrogens is 262 g/mol. The van der Waals surface area contributed by atoms with Crippen LogP contribution < -0.4 is 4.74 Å². The molecule has 0 aliphatic carbocycles. The molecule has 1 aliphatic rings. The summed E-state index contributed by atoms with van der Waals surface area (Å²) in [7, 11) is 0. The Morgan fingerprint density at radius 1 is 1.47 bits per heavy atom. The number of nitrogens with zero attached hydrogens (tertiary/aromatic N) is 1. The second-order valence-corrected chi connectivity index (χ2v) is 6.70. The zero-order chi connectivity index (χ0) is 14.0. The van der Waals surface area contributed by atoms with Gasteiger partial charge in [-0.1, -0.05) is 0 Å². The van der Waals surface area contributed by atoms with Crippen LogP contribution >= 0.6 is 11.3 Å². The third-order valence-electron chi connectivity index (χ3n) is 2.78. The van der Waals surface area contributed by atoms with Gasteiger partial charge in [0, 0.05) is 17.8 Å². The minimum atomic E-state index is -0.442. The van der Waals surface area contributed by atoms with Gasteiger partial charge in [0.2, 0.25) is 0 Å². The molecule has 1 aliphatic heterocycles. The monoisotopic (exact) mass is 283 g/mol. The van der Waals surface area contributed by atoms with E-state index < -0.39 is 5.60 Å². The van der Waals surface area contributed by atoms with Crippen LogP contribution in [0.3, 0.4) is 0 Å². The van der Waals surface area contributed by atoms with Gasteiger partial charge in [0.25, 0.3) is 0 Å². The number of carbonyl (C=O) groups is 1. The molecule has 0 saturated carbocycles. The Kier molecular flexibility index (Phi) is 4.04. The Labute approximate surface area is 118 Å². The number of carbonyl (C=O) groups excluding carboxylic acids is 1. The molecule has 1 amide bonds. The minimum Gasteiger partial charge on any atom is -0.484 e. The smallest absolute Gasteiger partial charge is 0.410 e. The lowest BCUT2D eigenvalue weighted by Crippen LogP contribution is -2.39. The van der Waals surface area contributed by atoms with E-state index in [0.717, 1.165) is 11.5 Å². The van der Waals surface area contributed by atoms with E-state index in [1.807, 2.05) is 33.8 Å². The van der Waals surface area contributed by atoms with Gasteiger partial charge in [-0.3, -0.25) is 0 Å². The Morgan fingerprint density at radius 3 is 2.84 bits per heavy atom. The molecule has 2 rings (SSSR count).